The molecule has 7 heavy (non-hydrogen) atoms. The van der Waals surface area contributed by atoms with Gasteiger partial charge in [-0.25, -0.2) is 0 Å². The van der Waals surface area contributed by atoms with Crippen LogP contribution in [0, 0.1) is 0 Å². The number of rotatable bonds is 3. The van der Waals surface area contributed by atoms with Gasteiger partial charge in [-0.3, -0.25) is 4.79 Å². The highest BCUT2D eigenvalue weighted by Gasteiger charge is 1.89. The fourth-order valence-corrected chi connectivity index (χ4v) is 0.155. The van der Waals surface area contributed by atoms with E-state index in [2.05, 4.69) is 4.74 Å². The number of ether oxygens (including phenoxy) is 1. The van der Waals surface area contributed by atoms with E-state index in [1.807, 2.05) is 0 Å². The summed E-state index contributed by atoms with van der Waals surface area (Å²) in [4.78, 5) is 9.35. The van der Waals surface area contributed by atoms with Gasteiger partial charge in [0.25, 0.3) is 0 Å². The normalized spacial score (nSPS) is 13.4. The van der Waals surface area contributed by atoms with E-state index in [1.165, 1.54) is 13.2 Å². The summed E-state index contributed by atoms with van der Waals surface area (Å²) in [6.45, 7) is 1.27. The van der Waals surface area contributed by atoms with Crippen molar-refractivity contribution in [2.75, 3.05) is 6.61 Å². The predicted octanol–water partition coefficient (Wildman–Crippen LogP) is -0.549. The van der Waals surface area contributed by atoms with Crippen LogP contribution in [-0.4, -0.2) is 24.3 Å². The summed E-state index contributed by atoms with van der Waals surface area (Å²) in [6.07, 6.45) is 0.607. The van der Waals surface area contributed by atoms with E-state index in [9.17, 15) is 4.79 Å². The van der Waals surface area contributed by atoms with Gasteiger partial charge in [-0.05, 0) is 6.92 Å². The lowest BCUT2D eigenvalue weighted by atomic mass is 10.7. The molecular weight excluding hydrogens is 96.0 g/mol. The van der Waals surface area contributed by atoms with Crippen molar-refractivity contribution in [2.24, 2.45) is 0 Å². The number of hydrogen-bond acceptors (Lipinski definition) is 3. The van der Waals surface area contributed by atoms with Gasteiger partial charge in [0.1, 0.15) is 6.61 Å². The van der Waals surface area contributed by atoms with E-state index in [4.69, 9.17) is 5.11 Å². The van der Waals surface area contributed by atoms with Crippen molar-refractivity contribution in [3.63, 3.8) is 0 Å². The van der Waals surface area contributed by atoms with Crippen molar-refractivity contribution in [1.82, 2.24) is 0 Å². The van der Waals surface area contributed by atoms with Gasteiger partial charge in [0.15, 0.2) is 6.29 Å². The Morgan fingerprint density at radius 1 is 2.00 bits per heavy atom. The van der Waals surface area contributed by atoms with Crippen molar-refractivity contribution in [3.8, 4) is 0 Å². The minimum Gasteiger partial charge on any atom is -0.368 e. The molecule has 0 aromatic carbocycles. The molecular formula is C4H7O3. The maximum absolute atomic E-state index is 9.35. The SMILES string of the molecule is CC(O)OC[C]=O. The largest absolute Gasteiger partial charge is 0.368 e. The molecule has 0 saturated heterocycles. The summed E-state index contributed by atoms with van der Waals surface area (Å²) in [6, 6.07) is 0. The Morgan fingerprint density at radius 3 is 2.71 bits per heavy atom. The van der Waals surface area contributed by atoms with Gasteiger partial charge >= 0.3 is 0 Å². The summed E-state index contributed by atoms with van der Waals surface area (Å²) >= 11 is 0. The second kappa shape index (κ2) is 3.77. The Labute approximate surface area is 41.9 Å². The van der Waals surface area contributed by atoms with Crippen LogP contribution in [0.4, 0.5) is 0 Å². The second-order valence-corrected chi connectivity index (χ2v) is 1.05. The summed E-state index contributed by atoms with van der Waals surface area (Å²) in [5.74, 6) is 0. The number of carbonyl (C=O) groups excluding carboxylic acids is 1. The van der Waals surface area contributed by atoms with Gasteiger partial charge in [0.05, 0.1) is 0 Å². The van der Waals surface area contributed by atoms with E-state index in [0.29, 0.717) is 0 Å². The summed E-state index contributed by atoms with van der Waals surface area (Å²) < 4.78 is 4.32. The third-order valence-corrected chi connectivity index (χ3v) is 0.383. The monoisotopic (exact) mass is 103 g/mol. The maximum Gasteiger partial charge on any atom is 0.226 e. The Hall–Kier alpha value is -0.410. The van der Waals surface area contributed by atoms with E-state index < -0.39 is 6.29 Å². The molecule has 0 rings (SSSR count). The molecule has 0 aromatic heterocycles. The quantitative estimate of drug-likeness (QED) is 0.487. The van der Waals surface area contributed by atoms with Gasteiger partial charge in [-0.2, -0.15) is 0 Å². The minimum absolute atomic E-state index is 0.155. The summed E-state index contributed by atoms with van der Waals surface area (Å²) in [5.41, 5.74) is 0. The van der Waals surface area contributed by atoms with Gasteiger partial charge in [0.2, 0.25) is 6.29 Å². The first-order valence-corrected chi connectivity index (χ1v) is 1.92. The third kappa shape index (κ3) is 5.59. The Kier molecular flexibility index (Phi) is 3.55. The minimum atomic E-state index is -0.860. The van der Waals surface area contributed by atoms with Crippen molar-refractivity contribution in [2.45, 2.75) is 13.2 Å². The van der Waals surface area contributed by atoms with Crippen LogP contribution in [-0.2, 0) is 9.53 Å². The predicted molar refractivity (Wildman–Crippen MR) is 23.3 cm³/mol. The maximum atomic E-state index is 9.35. The highest BCUT2D eigenvalue weighted by Crippen LogP contribution is 1.78. The van der Waals surface area contributed by atoms with E-state index in [1.54, 1.807) is 0 Å². The van der Waals surface area contributed by atoms with Crippen LogP contribution >= 0.6 is 0 Å². The second-order valence-electron chi connectivity index (χ2n) is 1.05. The molecule has 0 heterocycles. The molecule has 1 atom stereocenters. The molecule has 1 unspecified atom stereocenters. The molecule has 0 aliphatic rings. The van der Waals surface area contributed by atoms with Crippen LogP contribution in [0.5, 0.6) is 0 Å². The highest BCUT2D eigenvalue weighted by molar-refractivity contribution is 5.51. The molecule has 0 bridgehead atoms. The first kappa shape index (κ1) is 6.59. The molecule has 0 spiro atoms. The highest BCUT2D eigenvalue weighted by atomic mass is 16.6. The van der Waals surface area contributed by atoms with Crippen LogP contribution in [0.25, 0.3) is 0 Å². The van der Waals surface area contributed by atoms with Crippen molar-refractivity contribution in [1.29, 1.82) is 0 Å². The zero-order valence-corrected chi connectivity index (χ0v) is 4.05. The molecule has 41 valence electrons. The zero-order chi connectivity index (χ0) is 5.70. The van der Waals surface area contributed by atoms with Gasteiger partial charge in [0, 0.05) is 0 Å². The van der Waals surface area contributed by atoms with Crippen LogP contribution in [0.15, 0.2) is 0 Å². The number of aliphatic hydroxyl groups is 1. The molecule has 3 nitrogen and oxygen atoms in total. The zero-order valence-electron chi connectivity index (χ0n) is 4.05. The molecule has 0 fully saturated rings. The van der Waals surface area contributed by atoms with Crippen LogP contribution < -0.4 is 0 Å². The van der Waals surface area contributed by atoms with Crippen LogP contribution in [0.3, 0.4) is 0 Å². The lowest BCUT2D eigenvalue weighted by Crippen LogP contribution is -2.07. The van der Waals surface area contributed by atoms with Gasteiger partial charge in [-0.1, -0.05) is 0 Å². The fourth-order valence-electron chi connectivity index (χ4n) is 0.155. The molecule has 1 radical (unpaired) electrons. The third-order valence-electron chi connectivity index (χ3n) is 0.383. The van der Waals surface area contributed by atoms with Crippen LogP contribution in [0.2, 0.25) is 0 Å². The summed E-state index contributed by atoms with van der Waals surface area (Å²) in [7, 11) is 0. The van der Waals surface area contributed by atoms with Crippen LogP contribution in [0.1, 0.15) is 6.92 Å². The standard InChI is InChI=1S/C4H7O3/c1-4(6)7-3-2-5/h4,6H,3H2,1H3. The summed E-state index contributed by atoms with van der Waals surface area (Å²) in [5, 5.41) is 8.28. The molecule has 0 amide bonds. The number of hydrogen-bond donors (Lipinski definition) is 1. The lowest BCUT2D eigenvalue weighted by molar-refractivity contribution is -0.0702. The molecule has 0 aliphatic carbocycles. The van der Waals surface area contributed by atoms with E-state index in [-0.39, 0.29) is 6.61 Å². The van der Waals surface area contributed by atoms with E-state index >= 15 is 0 Å². The first-order chi connectivity index (χ1) is 3.27. The average Bonchev–Trinajstić information content (AvgIpc) is 1.61. The topological polar surface area (TPSA) is 46.5 Å². The Morgan fingerprint density at radius 2 is 2.57 bits per heavy atom. The molecule has 3 heteroatoms. The fraction of sp³-hybridized carbons (Fsp3) is 0.750. The van der Waals surface area contributed by atoms with Gasteiger partial charge in [-0.15, -0.1) is 0 Å². The van der Waals surface area contributed by atoms with E-state index in [0.717, 1.165) is 0 Å². The van der Waals surface area contributed by atoms with Gasteiger partial charge < -0.3 is 9.84 Å². The smallest absolute Gasteiger partial charge is 0.226 e. The first-order valence-electron chi connectivity index (χ1n) is 1.92. The van der Waals surface area contributed by atoms with Crippen molar-refractivity contribution in [3.05, 3.63) is 0 Å². The lowest BCUT2D eigenvalue weighted by Gasteiger charge is -1.98. The molecule has 1 N–H and O–H groups in total. The van der Waals surface area contributed by atoms with Crippen molar-refractivity contribution < 1.29 is 14.6 Å². The molecule has 0 saturated carbocycles. The Bertz CT molecular complexity index is 50.9. The van der Waals surface area contributed by atoms with Crippen molar-refractivity contribution >= 4 is 6.29 Å². The molecule has 0 aromatic rings. The number of aliphatic hydroxyl groups excluding tert-OH is 1. The Balaban J connectivity index is 2.81. The average molecular weight is 103 g/mol. The molecule has 0 aliphatic heterocycles.